The highest BCUT2D eigenvalue weighted by Crippen LogP contribution is 2.37. The Morgan fingerprint density at radius 2 is 2.17 bits per heavy atom. The van der Waals surface area contributed by atoms with Gasteiger partial charge in [-0.15, -0.1) is 11.3 Å². The van der Waals surface area contributed by atoms with Gasteiger partial charge < -0.3 is 10.2 Å². The number of fused-ring (bicyclic) bond motifs is 1. The molecule has 0 saturated carbocycles. The van der Waals surface area contributed by atoms with Gasteiger partial charge >= 0.3 is 0 Å². The second-order valence-electron chi connectivity index (χ2n) is 6.37. The van der Waals surface area contributed by atoms with E-state index in [1.54, 1.807) is 16.2 Å². The van der Waals surface area contributed by atoms with Gasteiger partial charge in [-0.3, -0.25) is 9.59 Å². The van der Waals surface area contributed by atoms with Crippen LogP contribution in [0.5, 0.6) is 0 Å². The lowest BCUT2D eigenvalue weighted by Gasteiger charge is -2.40. The Labute approximate surface area is 138 Å². The van der Waals surface area contributed by atoms with E-state index in [-0.39, 0.29) is 11.8 Å². The summed E-state index contributed by atoms with van der Waals surface area (Å²) in [6, 6.07) is 5.64. The number of nitrogens with zero attached hydrogens (tertiary/aromatic N) is 2. The van der Waals surface area contributed by atoms with Crippen LogP contribution in [-0.4, -0.2) is 40.3 Å². The van der Waals surface area contributed by atoms with E-state index >= 15 is 0 Å². The third-order valence-corrected chi connectivity index (χ3v) is 5.89. The average Bonchev–Trinajstić information content (AvgIpc) is 3.12. The minimum atomic E-state index is -0.631. The van der Waals surface area contributed by atoms with E-state index < -0.39 is 5.54 Å². The van der Waals surface area contributed by atoms with Crippen LogP contribution in [0.25, 0.3) is 10.2 Å². The van der Waals surface area contributed by atoms with Gasteiger partial charge in [0.2, 0.25) is 5.91 Å². The van der Waals surface area contributed by atoms with Crippen molar-refractivity contribution in [3.05, 3.63) is 28.8 Å². The lowest BCUT2D eigenvalue weighted by molar-refractivity contribution is -0.133. The average molecular weight is 329 g/mol. The van der Waals surface area contributed by atoms with Crippen LogP contribution in [0.4, 0.5) is 0 Å². The molecule has 2 aliphatic heterocycles. The molecular weight excluding hydrogens is 310 g/mol. The maximum absolute atomic E-state index is 13.0. The third-order valence-electron chi connectivity index (χ3n) is 4.95. The summed E-state index contributed by atoms with van der Waals surface area (Å²) in [5.41, 5.74) is 0.949. The predicted molar refractivity (Wildman–Crippen MR) is 89.6 cm³/mol. The topological polar surface area (TPSA) is 62.3 Å². The number of piperidine rings is 1. The maximum Gasteiger partial charge on any atom is 0.254 e. The van der Waals surface area contributed by atoms with E-state index in [2.05, 4.69) is 10.3 Å². The van der Waals surface area contributed by atoms with Crippen LogP contribution in [0.1, 0.15) is 41.0 Å². The second-order valence-corrected chi connectivity index (χ2v) is 7.60. The normalized spacial score (nSPS) is 24.4. The highest BCUT2D eigenvalue weighted by atomic mass is 32.1. The Morgan fingerprint density at radius 1 is 1.35 bits per heavy atom. The number of benzene rings is 1. The Hall–Kier alpha value is -1.95. The number of aromatic nitrogens is 1. The molecule has 1 unspecified atom stereocenters. The van der Waals surface area contributed by atoms with Gasteiger partial charge in [0.15, 0.2) is 0 Å². The Kier molecular flexibility index (Phi) is 3.37. The van der Waals surface area contributed by atoms with Gasteiger partial charge in [0.1, 0.15) is 5.54 Å². The molecular formula is C17H19N3O2S. The Balaban J connectivity index is 1.70. The fourth-order valence-electron chi connectivity index (χ4n) is 3.86. The summed E-state index contributed by atoms with van der Waals surface area (Å²) in [6.07, 6.45) is 3.36. The maximum atomic E-state index is 13.0. The molecule has 1 spiro atoms. The minimum absolute atomic E-state index is 0.0179. The molecule has 2 amide bonds. The van der Waals surface area contributed by atoms with E-state index in [1.807, 2.05) is 25.1 Å². The SMILES string of the molecule is Cc1nc2ccc(C(=O)N3CCCC34CCCNC4=O)cc2s1. The van der Waals surface area contributed by atoms with Gasteiger partial charge in [-0.1, -0.05) is 0 Å². The van der Waals surface area contributed by atoms with Crippen LogP contribution >= 0.6 is 11.3 Å². The molecule has 4 rings (SSSR count). The van der Waals surface area contributed by atoms with Gasteiger partial charge in [0, 0.05) is 18.7 Å². The van der Waals surface area contributed by atoms with Gasteiger partial charge in [-0.25, -0.2) is 4.98 Å². The number of carbonyl (C=O) groups is 2. The number of thiazole rings is 1. The van der Waals surface area contributed by atoms with Crippen LogP contribution < -0.4 is 5.32 Å². The number of aryl methyl sites for hydroxylation is 1. The van der Waals surface area contributed by atoms with Crippen molar-refractivity contribution < 1.29 is 9.59 Å². The largest absolute Gasteiger partial charge is 0.354 e. The van der Waals surface area contributed by atoms with E-state index in [9.17, 15) is 9.59 Å². The predicted octanol–water partition coefficient (Wildman–Crippen LogP) is 2.49. The van der Waals surface area contributed by atoms with Crippen molar-refractivity contribution in [1.82, 2.24) is 15.2 Å². The summed E-state index contributed by atoms with van der Waals surface area (Å²) in [5, 5.41) is 3.94. The molecule has 2 aliphatic rings. The second kappa shape index (κ2) is 5.30. The summed E-state index contributed by atoms with van der Waals surface area (Å²) in [6.45, 7) is 3.34. The van der Waals surface area contributed by atoms with E-state index in [0.29, 0.717) is 18.7 Å². The summed E-state index contributed by atoms with van der Waals surface area (Å²) >= 11 is 1.59. The van der Waals surface area contributed by atoms with Gasteiger partial charge in [-0.2, -0.15) is 0 Å². The van der Waals surface area contributed by atoms with Crippen molar-refractivity contribution in [3.63, 3.8) is 0 Å². The Bertz CT molecular complexity index is 800. The first-order valence-corrected chi connectivity index (χ1v) is 8.89. The minimum Gasteiger partial charge on any atom is -0.354 e. The quantitative estimate of drug-likeness (QED) is 0.874. The first kappa shape index (κ1) is 14.6. The number of likely N-dealkylation sites (tertiary alicyclic amines) is 1. The van der Waals surface area contributed by atoms with Crippen molar-refractivity contribution in [1.29, 1.82) is 0 Å². The highest BCUT2D eigenvalue weighted by molar-refractivity contribution is 7.18. The van der Waals surface area contributed by atoms with Crippen LogP contribution in [0, 0.1) is 6.92 Å². The third kappa shape index (κ3) is 2.24. The molecule has 1 aromatic carbocycles. The number of rotatable bonds is 1. The molecule has 3 heterocycles. The van der Waals surface area contributed by atoms with Crippen LogP contribution in [0.2, 0.25) is 0 Å². The zero-order valence-corrected chi connectivity index (χ0v) is 13.9. The first-order valence-electron chi connectivity index (χ1n) is 8.08. The molecule has 0 aliphatic carbocycles. The van der Waals surface area contributed by atoms with Crippen molar-refractivity contribution in [2.45, 2.75) is 38.1 Å². The van der Waals surface area contributed by atoms with Gasteiger partial charge in [0.25, 0.3) is 5.91 Å². The zero-order valence-electron chi connectivity index (χ0n) is 13.1. The number of nitrogens with one attached hydrogen (secondary N) is 1. The monoisotopic (exact) mass is 329 g/mol. The molecule has 2 fully saturated rings. The number of carbonyl (C=O) groups excluding carboxylic acids is 2. The number of hydrogen-bond donors (Lipinski definition) is 1. The molecule has 23 heavy (non-hydrogen) atoms. The van der Waals surface area contributed by atoms with Crippen LogP contribution in [0.15, 0.2) is 18.2 Å². The smallest absolute Gasteiger partial charge is 0.254 e. The fourth-order valence-corrected chi connectivity index (χ4v) is 4.73. The van der Waals surface area contributed by atoms with Crippen molar-refractivity contribution >= 4 is 33.4 Å². The lowest BCUT2D eigenvalue weighted by Crippen LogP contribution is -2.60. The fraction of sp³-hybridized carbons (Fsp3) is 0.471. The van der Waals surface area contributed by atoms with E-state index in [1.165, 1.54) is 0 Å². The molecule has 120 valence electrons. The summed E-state index contributed by atoms with van der Waals surface area (Å²) in [5.74, 6) is -0.0168. The summed E-state index contributed by atoms with van der Waals surface area (Å²) < 4.78 is 1.02. The lowest BCUT2D eigenvalue weighted by atomic mass is 9.86. The highest BCUT2D eigenvalue weighted by Gasteiger charge is 2.50. The van der Waals surface area contributed by atoms with Crippen molar-refractivity contribution in [2.75, 3.05) is 13.1 Å². The van der Waals surface area contributed by atoms with E-state index in [4.69, 9.17) is 0 Å². The molecule has 2 aromatic rings. The molecule has 6 heteroatoms. The number of hydrogen-bond acceptors (Lipinski definition) is 4. The molecule has 0 radical (unpaired) electrons. The van der Waals surface area contributed by atoms with E-state index in [0.717, 1.165) is 40.9 Å². The molecule has 1 atom stereocenters. The summed E-state index contributed by atoms with van der Waals surface area (Å²) in [4.78, 5) is 31.8. The van der Waals surface area contributed by atoms with Crippen LogP contribution in [-0.2, 0) is 4.79 Å². The number of amides is 2. The zero-order chi connectivity index (χ0) is 16.0. The standard InChI is InChI=1S/C17H19N3O2S/c1-11-19-13-5-4-12(10-14(13)23-11)15(21)20-9-3-7-17(20)6-2-8-18-16(17)22/h4-5,10H,2-3,6-9H2,1H3,(H,18,22). The molecule has 2 saturated heterocycles. The first-order chi connectivity index (χ1) is 11.1. The van der Waals surface area contributed by atoms with Crippen molar-refractivity contribution in [3.8, 4) is 0 Å². The molecule has 0 bridgehead atoms. The molecule has 1 aromatic heterocycles. The Morgan fingerprint density at radius 3 is 3.00 bits per heavy atom. The summed E-state index contributed by atoms with van der Waals surface area (Å²) in [7, 11) is 0. The van der Waals surface area contributed by atoms with Gasteiger partial charge in [-0.05, 0) is 50.8 Å². The van der Waals surface area contributed by atoms with Crippen LogP contribution in [0.3, 0.4) is 0 Å². The molecule has 1 N–H and O–H groups in total. The van der Waals surface area contributed by atoms with Crippen molar-refractivity contribution in [2.24, 2.45) is 0 Å². The van der Waals surface area contributed by atoms with Gasteiger partial charge in [0.05, 0.1) is 15.2 Å². The molecule has 5 nitrogen and oxygen atoms in total.